The number of nitrogens with zero attached hydrogens (tertiary/aromatic N) is 6. The van der Waals surface area contributed by atoms with Gasteiger partial charge < -0.3 is 35.5 Å². The molecule has 6 aromatic carbocycles. The Morgan fingerprint density at radius 2 is 0.949 bits per heavy atom. The van der Waals surface area contributed by atoms with E-state index < -0.39 is 36.2 Å². The fourth-order valence-corrected chi connectivity index (χ4v) is 9.48. The molecule has 1 aliphatic rings. The van der Waals surface area contributed by atoms with E-state index in [4.69, 9.17) is 36.9 Å². The Kier molecular flexibility index (Phi) is 29.4. The van der Waals surface area contributed by atoms with Crippen molar-refractivity contribution in [3.63, 3.8) is 0 Å². The van der Waals surface area contributed by atoms with Crippen LogP contribution in [-0.4, -0.2) is 117 Å². The zero-order valence-electron chi connectivity index (χ0n) is 56.8. The summed E-state index contributed by atoms with van der Waals surface area (Å²) in [6.07, 6.45) is 29.0. The van der Waals surface area contributed by atoms with Crippen LogP contribution in [0.2, 0.25) is 5.15 Å². The molecule has 0 bridgehead atoms. The minimum atomic E-state index is -1.49. The highest BCUT2D eigenvalue weighted by Gasteiger charge is 2.52. The summed E-state index contributed by atoms with van der Waals surface area (Å²) in [6, 6.07) is 35.8. The first-order chi connectivity index (χ1) is 46.1. The summed E-state index contributed by atoms with van der Waals surface area (Å²) < 4.78 is 12.4. The van der Waals surface area contributed by atoms with E-state index in [-0.39, 0.29) is 25.7 Å². The van der Waals surface area contributed by atoms with Crippen LogP contribution in [0.1, 0.15) is 142 Å². The fraction of sp³-hybridized carbons (Fsp3) is 0.256. The minimum absolute atomic E-state index is 0. The molecule has 0 amide bonds. The molecule has 10 rings (SSSR count). The second kappa shape index (κ2) is 36.5. The maximum absolute atomic E-state index is 11.4. The van der Waals surface area contributed by atoms with Crippen LogP contribution < -0.4 is 16.5 Å². The molecule has 0 aliphatic carbocycles. The second-order valence-corrected chi connectivity index (χ2v) is 25.0. The van der Waals surface area contributed by atoms with Crippen LogP contribution in [-0.2, 0) is 25.4 Å². The van der Waals surface area contributed by atoms with Crippen molar-refractivity contribution in [3.05, 3.63) is 254 Å². The first kappa shape index (κ1) is 78.9. The largest absolute Gasteiger partial charge is 0.495 e. The van der Waals surface area contributed by atoms with Crippen LogP contribution >= 0.6 is 11.6 Å². The van der Waals surface area contributed by atoms with E-state index in [1.165, 1.54) is 20.0 Å². The van der Waals surface area contributed by atoms with E-state index in [0.29, 0.717) is 22.8 Å². The maximum atomic E-state index is 11.4. The van der Waals surface area contributed by atoms with Crippen LogP contribution in [0.5, 0.6) is 0 Å². The lowest BCUT2D eigenvalue weighted by atomic mass is 9.75. The number of aromatic nitrogens is 6. The van der Waals surface area contributed by atoms with Crippen molar-refractivity contribution in [2.24, 2.45) is 5.73 Å². The van der Waals surface area contributed by atoms with Gasteiger partial charge in [0.15, 0.2) is 0 Å². The molecule has 18 nitrogen and oxygen atoms in total. The molecule has 0 radical (unpaired) electrons. The van der Waals surface area contributed by atoms with Gasteiger partial charge in [-0.05, 0) is 173 Å². The molecule has 2 atom stereocenters. The number of aliphatic hydroxyl groups excluding tert-OH is 2. The molecule has 3 aromatic heterocycles. The molecule has 4 heterocycles. The van der Waals surface area contributed by atoms with Crippen LogP contribution in [0, 0.1) is 41.5 Å². The second-order valence-electron chi connectivity index (χ2n) is 24.6. The van der Waals surface area contributed by atoms with Crippen LogP contribution in [0.4, 0.5) is 0 Å². The van der Waals surface area contributed by atoms with Gasteiger partial charge in [0.2, 0.25) is 0 Å². The molecular formula is C78H88BClN8O10. The molecule has 1 fully saturated rings. The summed E-state index contributed by atoms with van der Waals surface area (Å²) in [5.74, 6) is -2.28. The summed E-state index contributed by atoms with van der Waals surface area (Å²) in [4.78, 5) is 67.8. The Labute approximate surface area is 580 Å². The van der Waals surface area contributed by atoms with Gasteiger partial charge in [-0.15, -0.1) is 0 Å². The molecular weight excluding hydrogens is 1260 g/mol. The number of carbonyl (C=O) groups excluding carboxylic acids is 2. The molecule has 20 heteroatoms. The third-order valence-corrected chi connectivity index (χ3v) is 16.9. The molecule has 9 aromatic rings. The average molecular weight is 1340 g/mol. The number of carbonyl (C=O) groups is 4. The van der Waals surface area contributed by atoms with E-state index in [1.807, 2.05) is 106 Å². The lowest BCUT2D eigenvalue weighted by Crippen LogP contribution is -2.52. The zero-order chi connectivity index (χ0) is 71.1. The molecule has 0 saturated carbocycles. The SMILES string of the molecule is C.C[C@](N)(CO)C(=O)O.Cc1ccc(C=O)cc1/C=C/c1cccc(-c2cnccn2)c1C.Cc1ccc(C=O)cc1/C=C/c1cccc(B2OC(C)(C)C(C)(C)O2)c1C.Cc1ccc(CN[C@@](C)(CO)C(=O)O)cc1/C=C/c1cccc(-c2cnccn2)c1C.Clc1cnccn1. The molecule has 1 saturated heterocycles. The lowest BCUT2D eigenvalue weighted by molar-refractivity contribution is -0.146. The predicted molar refractivity (Wildman–Crippen MR) is 393 cm³/mol. The number of aliphatic carboxylic acids is 2. The number of nitrogens with one attached hydrogen (secondary N) is 1. The van der Waals surface area contributed by atoms with Gasteiger partial charge in [0.25, 0.3) is 0 Å². The highest BCUT2D eigenvalue weighted by Crippen LogP contribution is 2.37. The van der Waals surface area contributed by atoms with Crippen molar-refractivity contribution in [2.75, 3.05) is 13.2 Å². The number of hydrogen-bond donors (Lipinski definition) is 6. The molecule has 0 spiro atoms. The van der Waals surface area contributed by atoms with Crippen LogP contribution in [0.25, 0.3) is 59.0 Å². The number of carboxylic acid groups (broad SMARTS) is 2. The summed E-state index contributed by atoms with van der Waals surface area (Å²) in [6.45, 7) is 22.6. The smallest absolute Gasteiger partial charge is 0.480 e. The van der Waals surface area contributed by atoms with Gasteiger partial charge >= 0.3 is 19.1 Å². The highest BCUT2D eigenvalue weighted by atomic mass is 35.5. The average Bonchev–Trinajstić information content (AvgIpc) is 1.61. The van der Waals surface area contributed by atoms with Crippen LogP contribution in [0.3, 0.4) is 0 Å². The van der Waals surface area contributed by atoms with Crippen molar-refractivity contribution in [2.45, 2.75) is 119 Å². The first-order valence-electron chi connectivity index (χ1n) is 31.1. The Morgan fingerprint density at radius 3 is 1.31 bits per heavy atom. The number of halogens is 1. The minimum Gasteiger partial charge on any atom is -0.480 e. The van der Waals surface area contributed by atoms with Gasteiger partial charge in [-0.2, -0.15) is 0 Å². The maximum Gasteiger partial charge on any atom is 0.495 e. The number of aliphatic hydroxyl groups is 2. The van der Waals surface area contributed by atoms with Gasteiger partial charge in [-0.25, -0.2) is 4.98 Å². The number of nitrogens with two attached hydrogens (primary N) is 1. The number of carboxylic acids is 2. The van der Waals surface area contributed by atoms with E-state index in [2.05, 4.69) is 144 Å². The summed E-state index contributed by atoms with van der Waals surface area (Å²) in [5.41, 5.74) is 21.9. The van der Waals surface area contributed by atoms with Gasteiger partial charge in [0, 0.05) is 66.0 Å². The standard InChI is InChI=1S/C25H27N3O3.C23H27BO3.C21H18N2O.C4H3ClN2.C4H9NO3.CH4/c1-17-7-8-19(14-28-25(3,16-29)24(30)31)13-21(17)10-9-20-5-4-6-22(18(20)2)23-15-26-11-12-27-23;1-16-10-11-18(15-25)14-20(16)13-12-19-8-7-9-21(17(19)2)24-26-22(3,4)23(5,6)27-24;1-15-6-7-17(14-24)12-19(15)9-8-18-4-3-5-20(16(18)2)21-13-22-10-11-23-21;5-4-3-6-1-2-7-4;1-4(5,2-6)3(7)8;/h4-13,15,28-29H,14,16H2,1-3H3,(H,30,31);7-15H,1-6H3;3-14H,1-2H3;1-3H;6H,2,5H2,1H3,(H,7,8);1H4/b10-9+;13-12+;9-8+;;;/t25-;;;;4-;/m0...0./s1. The van der Waals surface area contributed by atoms with Gasteiger partial charge in [0.05, 0.1) is 54.4 Å². The summed E-state index contributed by atoms with van der Waals surface area (Å²) >= 11 is 5.37. The highest BCUT2D eigenvalue weighted by molar-refractivity contribution is 6.62. The molecule has 1 aliphatic heterocycles. The van der Waals surface area contributed by atoms with Crippen molar-refractivity contribution in [1.82, 2.24) is 35.2 Å². The van der Waals surface area contributed by atoms with Gasteiger partial charge in [-0.1, -0.05) is 153 Å². The van der Waals surface area contributed by atoms with E-state index in [9.17, 15) is 29.4 Å². The quantitative estimate of drug-likeness (QED) is 0.0264. The molecule has 7 N–H and O–H groups in total. The normalized spacial score (nSPS) is 13.9. The lowest BCUT2D eigenvalue weighted by Gasteiger charge is -2.32. The van der Waals surface area contributed by atoms with E-state index in [1.54, 1.807) is 49.6 Å². The number of rotatable bonds is 18. The Hall–Kier alpha value is -9.83. The number of aryl methyl sites for hydroxylation is 3. The van der Waals surface area contributed by atoms with Crippen molar-refractivity contribution in [3.8, 4) is 22.5 Å². The summed E-state index contributed by atoms with van der Waals surface area (Å²) in [7, 11) is -0.372. The monoisotopic (exact) mass is 1340 g/mol. The topological polar surface area (TPSA) is 283 Å². The number of benzene rings is 6. The van der Waals surface area contributed by atoms with E-state index in [0.717, 1.165) is 113 Å². The fourth-order valence-electron chi connectivity index (χ4n) is 9.36. The molecule has 98 heavy (non-hydrogen) atoms. The zero-order valence-corrected chi connectivity index (χ0v) is 57.5. The first-order valence-corrected chi connectivity index (χ1v) is 31.5. The van der Waals surface area contributed by atoms with Crippen molar-refractivity contribution in [1.29, 1.82) is 0 Å². The Morgan fingerprint density at radius 1 is 0.541 bits per heavy atom. The Bertz CT molecular complexity index is 4230. The molecule has 510 valence electrons. The third-order valence-electron chi connectivity index (χ3n) is 16.7. The predicted octanol–water partition coefficient (Wildman–Crippen LogP) is 13.7. The van der Waals surface area contributed by atoms with Crippen LogP contribution in [0.15, 0.2) is 165 Å². The van der Waals surface area contributed by atoms with E-state index >= 15 is 0 Å². The van der Waals surface area contributed by atoms with Crippen molar-refractivity contribution < 1.29 is 48.9 Å². The molecule has 0 unspecified atom stereocenters. The van der Waals surface area contributed by atoms with Crippen molar-refractivity contribution >= 4 is 85.1 Å². The van der Waals surface area contributed by atoms with Gasteiger partial charge in [0.1, 0.15) is 28.8 Å². The summed E-state index contributed by atoms with van der Waals surface area (Å²) in [5, 5.41) is 38.5. The number of hydrogen-bond acceptors (Lipinski definition) is 16. The third kappa shape index (κ3) is 21.8. The van der Waals surface area contributed by atoms with Gasteiger partial charge in [-0.3, -0.25) is 49.4 Å². The number of aldehydes is 2. The Balaban J connectivity index is 0.000000239.